The van der Waals surface area contributed by atoms with Gasteiger partial charge in [-0.25, -0.2) is 0 Å². The van der Waals surface area contributed by atoms with Crippen molar-refractivity contribution in [3.63, 3.8) is 0 Å². The number of rotatable bonds is 6. The molecule has 0 fully saturated rings. The van der Waals surface area contributed by atoms with Gasteiger partial charge in [0, 0.05) is 0 Å². The molecule has 0 spiro atoms. The molecule has 2 unspecified atom stereocenters. The maximum atomic E-state index is 2.76. The molecule has 0 bridgehead atoms. The molecule has 0 nitrogen and oxygen atoms in total. The van der Waals surface area contributed by atoms with Crippen molar-refractivity contribution >= 4 is 44.6 Å². The molecule has 218 valence electrons. The van der Waals surface area contributed by atoms with Crippen LogP contribution >= 0.6 is 24.8 Å². The van der Waals surface area contributed by atoms with E-state index in [9.17, 15) is 0 Å². The van der Waals surface area contributed by atoms with Crippen LogP contribution in [0.25, 0.3) is 34.4 Å². The molecule has 6 rings (SSSR count). The third-order valence-corrected chi connectivity index (χ3v) is 20.9. The number of benzene rings is 4. The van der Waals surface area contributed by atoms with Gasteiger partial charge in [0.25, 0.3) is 0 Å². The first-order valence-electron chi connectivity index (χ1n) is 14.9. The summed E-state index contributed by atoms with van der Waals surface area (Å²) >= 11 is -3.39. The summed E-state index contributed by atoms with van der Waals surface area (Å²) in [5, 5.41) is 5.51. The van der Waals surface area contributed by atoms with Gasteiger partial charge in [0.15, 0.2) is 0 Å². The summed E-state index contributed by atoms with van der Waals surface area (Å²) in [6, 6.07) is 36.1. The quantitative estimate of drug-likeness (QED) is 0.183. The summed E-state index contributed by atoms with van der Waals surface area (Å²) in [6.07, 6.45) is 5.18. The molecule has 2 aliphatic carbocycles. The predicted molar refractivity (Wildman–Crippen MR) is 190 cm³/mol. The van der Waals surface area contributed by atoms with Crippen molar-refractivity contribution in [2.75, 3.05) is 0 Å². The van der Waals surface area contributed by atoms with Gasteiger partial charge in [-0.3, -0.25) is 0 Å². The van der Waals surface area contributed by atoms with Gasteiger partial charge in [-0.2, -0.15) is 0 Å². The van der Waals surface area contributed by atoms with Crippen LogP contribution in [0.2, 0.25) is 10.5 Å². The molecule has 2 atom stereocenters. The molecule has 4 aromatic carbocycles. The van der Waals surface area contributed by atoms with Crippen molar-refractivity contribution in [2.45, 2.75) is 46.6 Å². The zero-order valence-corrected chi connectivity index (χ0v) is 30.3. The topological polar surface area (TPSA) is 0 Å². The molecule has 0 aliphatic heterocycles. The van der Waals surface area contributed by atoms with Gasteiger partial charge < -0.3 is 0 Å². The van der Waals surface area contributed by atoms with Crippen LogP contribution in [0, 0.1) is 11.8 Å². The third kappa shape index (κ3) is 5.37. The van der Waals surface area contributed by atoms with Crippen molar-refractivity contribution in [1.82, 2.24) is 0 Å². The van der Waals surface area contributed by atoms with E-state index >= 15 is 0 Å². The standard InChI is InChI=1S/2C18H17.2CH3.2ClH.H2Si.Ti/c2*1-13(2)16-11-15-9-6-10-17(18(15)12-16)14-7-4-3-5-8-14;;;;;;/h2*3-13H,1-2H3;2*1H3;2*1H;1H2;. The van der Waals surface area contributed by atoms with Crippen molar-refractivity contribution in [3.05, 3.63) is 130 Å². The van der Waals surface area contributed by atoms with Crippen molar-refractivity contribution < 1.29 is 14.0 Å². The maximum absolute atomic E-state index is 3.39. The summed E-state index contributed by atoms with van der Waals surface area (Å²) in [4.78, 5) is 0. The van der Waals surface area contributed by atoms with Crippen LogP contribution in [-0.4, -0.2) is 7.63 Å². The molecule has 0 amide bonds. The zero-order valence-electron chi connectivity index (χ0n) is 25.7. The number of hydrogen-bond acceptors (Lipinski definition) is 0. The van der Waals surface area contributed by atoms with Crippen LogP contribution in [-0.2, 0) is 14.0 Å². The molecular weight excluding hydrogens is 603 g/mol. The minimum absolute atomic E-state index is 0. The van der Waals surface area contributed by atoms with E-state index in [4.69, 9.17) is 0 Å². The number of allylic oxidation sites excluding steroid dienone is 2. The fourth-order valence-electron chi connectivity index (χ4n) is 7.87. The van der Waals surface area contributed by atoms with Gasteiger partial charge in [-0.15, -0.1) is 24.8 Å². The Labute approximate surface area is 268 Å². The molecule has 4 aromatic rings. The van der Waals surface area contributed by atoms with E-state index in [1.54, 1.807) is 22.3 Å². The minimum Gasteiger partial charge on any atom is -0.147 e. The Balaban J connectivity index is 0.00000202. The summed E-state index contributed by atoms with van der Waals surface area (Å²) in [6.45, 7) is 9.64. The van der Waals surface area contributed by atoms with Gasteiger partial charge in [0.05, 0.1) is 0 Å². The van der Waals surface area contributed by atoms with Gasteiger partial charge in [0.1, 0.15) is 0 Å². The Morgan fingerprint density at radius 2 is 0.881 bits per heavy atom. The number of halogens is 2. The monoisotopic (exact) mass is 646 g/mol. The van der Waals surface area contributed by atoms with E-state index in [-0.39, 0.29) is 24.8 Å². The second kappa shape index (κ2) is 12.1. The molecule has 0 saturated heterocycles. The Morgan fingerprint density at radius 1 is 0.524 bits per heavy atom. The molecule has 2 aliphatic rings. The average Bonchev–Trinajstić information content (AvgIpc) is 3.55. The number of hydrogen-bond donors (Lipinski definition) is 0. The first-order valence-corrected chi connectivity index (χ1v) is 23.9. The fraction of sp³-hybridized carbons (Fsp3) is 0.263. The Hall–Kier alpha value is -2.13. The Kier molecular flexibility index (Phi) is 9.45. The predicted octanol–water partition coefficient (Wildman–Crippen LogP) is 11.1. The summed E-state index contributed by atoms with van der Waals surface area (Å²) in [7, 11) is 2.44. The Morgan fingerprint density at radius 3 is 1.21 bits per heavy atom. The molecule has 0 heterocycles. The molecule has 4 heteroatoms. The van der Waals surface area contributed by atoms with Crippen LogP contribution in [0.4, 0.5) is 0 Å². The van der Waals surface area contributed by atoms with E-state index in [0.717, 1.165) is 0 Å². The smallest absolute Gasteiger partial charge is 0.147 e. The minimum atomic E-state index is -3.39. The van der Waals surface area contributed by atoms with E-state index in [0.29, 0.717) is 20.3 Å². The average molecular weight is 648 g/mol. The second-order valence-corrected chi connectivity index (χ2v) is 33.9. The van der Waals surface area contributed by atoms with E-state index in [1.165, 1.54) is 33.4 Å². The van der Waals surface area contributed by atoms with Gasteiger partial charge in [-0.1, -0.05) is 0 Å². The molecule has 42 heavy (non-hydrogen) atoms. The van der Waals surface area contributed by atoms with Crippen molar-refractivity contribution in [1.29, 1.82) is 0 Å². The molecular formula is C38H44Cl2SiTi. The fourth-order valence-corrected chi connectivity index (χ4v) is 20.8. The molecule has 0 saturated carbocycles. The number of fused-ring (bicyclic) bond motifs is 2. The summed E-state index contributed by atoms with van der Waals surface area (Å²) in [5.74, 6) is 1.02. The Bertz CT molecular complexity index is 1600. The summed E-state index contributed by atoms with van der Waals surface area (Å²) < 4.78 is 1.01. The van der Waals surface area contributed by atoms with Crippen LogP contribution in [0.5, 0.6) is 0 Å². The van der Waals surface area contributed by atoms with E-state index in [1.807, 2.05) is 0 Å². The van der Waals surface area contributed by atoms with Gasteiger partial charge in [0.2, 0.25) is 0 Å². The largest absolute Gasteiger partial charge is 0.147 e. The van der Waals surface area contributed by atoms with Crippen molar-refractivity contribution in [2.24, 2.45) is 11.8 Å². The maximum Gasteiger partial charge on any atom is -0.147 e. The zero-order chi connectivity index (χ0) is 28.3. The summed E-state index contributed by atoms with van der Waals surface area (Å²) in [5.41, 5.74) is 14.7. The normalized spacial score (nSPS) is 17.6. The third-order valence-electron chi connectivity index (χ3n) is 9.59. The van der Waals surface area contributed by atoms with E-state index < -0.39 is 14.0 Å². The van der Waals surface area contributed by atoms with Gasteiger partial charge in [-0.05, 0) is 0 Å². The van der Waals surface area contributed by atoms with Crippen LogP contribution < -0.4 is 0 Å². The second-order valence-electron chi connectivity index (χ2n) is 13.7. The molecule has 0 N–H and O–H groups in total. The van der Waals surface area contributed by atoms with Crippen molar-refractivity contribution in [3.8, 4) is 22.3 Å². The SMILES string of the molecule is CC(C)C1=Cc2c(-c3ccccc3)cccc2[CH]1[Ti]([CH3])([CH3])(=[SiH2])[CH]1C(C(C)C)=Cc2c(-c3ccccc3)cccc21.Cl.Cl. The molecule has 0 aromatic heterocycles. The van der Waals surface area contributed by atoms with Crippen LogP contribution in [0.1, 0.15) is 58.4 Å². The van der Waals surface area contributed by atoms with Crippen LogP contribution in [0.15, 0.2) is 108 Å². The van der Waals surface area contributed by atoms with Gasteiger partial charge >= 0.3 is 245 Å². The molecule has 0 radical (unpaired) electrons. The van der Waals surface area contributed by atoms with Crippen LogP contribution in [0.3, 0.4) is 0 Å². The first kappa shape index (κ1) is 32.8. The van der Waals surface area contributed by atoms with E-state index in [2.05, 4.69) is 155 Å². The first-order chi connectivity index (χ1) is 19.1.